The fourth-order valence-corrected chi connectivity index (χ4v) is 3.18. The van der Waals surface area contributed by atoms with Crippen molar-refractivity contribution >= 4 is 28.2 Å². The molecule has 3 N–H and O–H groups in total. The first kappa shape index (κ1) is 25.1. The first-order chi connectivity index (χ1) is 15.9. The van der Waals surface area contributed by atoms with E-state index in [4.69, 9.17) is 10.5 Å². The number of methoxy groups -OCH3 is 1. The van der Waals surface area contributed by atoms with Gasteiger partial charge in [0.25, 0.3) is 0 Å². The zero-order valence-corrected chi connectivity index (χ0v) is 19.7. The Morgan fingerprint density at radius 3 is 2.38 bits per heavy atom. The fraction of sp³-hybridized carbons (Fsp3) is 0.333. The molecule has 0 unspecified atom stereocenters. The second-order valence-corrected chi connectivity index (χ2v) is 8.62. The van der Waals surface area contributed by atoms with Crippen molar-refractivity contribution in [3.8, 4) is 0 Å². The Balaban J connectivity index is 2.10. The largest absolute Gasteiger partial charge is 0.418 e. The lowest BCUT2D eigenvalue weighted by Gasteiger charge is -2.18. The summed E-state index contributed by atoms with van der Waals surface area (Å²) in [5, 5.41) is 3.71. The minimum atomic E-state index is -4.63. The van der Waals surface area contributed by atoms with Crippen LogP contribution in [0.15, 0.2) is 48.2 Å². The van der Waals surface area contributed by atoms with Crippen LogP contribution in [0.4, 0.5) is 24.7 Å². The maximum Gasteiger partial charge on any atom is 0.418 e. The number of anilines is 2. The van der Waals surface area contributed by atoms with Crippen molar-refractivity contribution in [1.82, 2.24) is 19.9 Å². The van der Waals surface area contributed by atoms with Crippen LogP contribution in [-0.4, -0.2) is 33.2 Å². The summed E-state index contributed by atoms with van der Waals surface area (Å²) in [6.45, 7) is 7.79. The molecule has 0 fully saturated rings. The number of hydrogen-bond donors (Lipinski definition) is 2. The third-order valence-electron chi connectivity index (χ3n) is 4.88. The van der Waals surface area contributed by atoms with E-state index < -0.39 is 17.4 Å². The molecule has 0 atom stereocenters. The monoisotopic (exact) mass is 472 g/mol. The van der Waals surface area contributed by atoms with Gasteiger partial charge >= 0.3 is 6.18 Å². The van der Waals surface area contributed by atoms with Gasteiger partial charge in [-0.05, 0) is 31.2 Å². The molecular weight excluding hydrogens is 445 g/mol. The van der Waals surface area contributed by atoms with Crippen molar-refractivity contribution < 1.29 is 17.9 Å². The van der Waals surface area contributed by atoms with Crippen molar-refractivity contribution in [3.63, 3.8) is 0 Å². The van der Waals surface area contributed by atoms with Gasteiger partial charge in [-0.3, -0.25) is 4.98 Å². The molecular formula is C24H27F3N6O. The number of fused-ring (bicyclic) bond motifs is 1. The Morgan fingerprint density at radius 1 is 1.09 bits per heavy atom. The Bertz CT molecular complexity index is 1230. The quantitative estimate of drug-likeness (QED) is 0.463. The van der Waals surface area contributed by atoms with Gasteiger partial charge in [0, 0.05) is 18.2 Å². The van der Waals surface area contributed by atoms with E-state index in [1.807, 2.05) is 12.1 Å². The lowest BCUT2D eigenvalue weighted by atomic mass is 9.92. The second kappa shape index (κ2) is 9.76. The van der Waals surface area contributed by atoms with Gasteiger partial charge in [-0.1, -0.05) is 32.9 Å². The number of nitrogens with one attached hydrogen (secondary N) is 1. The first-order valence-electron chi connectivity index (χ1n) is 10.5. The normalized spacial score (nSPS) is 13.4. The number of halogens is 3. The minimum Gasteiger partial charge on any atom is -0.396 e. The number of alkyl halides is 3. The molecule has 0 radical (unpaired) electrons. The molecule has 180 valence electrons. The van der Waals surface area contributed by atoms with E-state index in [0.717, 1.165) is 11.8 Å². The summed E-state index contributed by atoms with van der Waals surface area (Å²) in [6, 6.07) is 6.80. The predicted octanol–water partition coefficient (Wildman–Crippen LogP) is 5.42. The van der Waals surface area contributed by atoms with Crippen LogP contribution < -0.4 is 11.1 Å². The van der Waals surface area contributed by atoms with Gasteiger partial charge in [0.05, 0.1) is 34.2 Å². The summed E-state index contributed by atoms with van der Waals surface area (Å²) in [4.78, 5) is 17.6. The maximum absolute atomic E-state index is 13.5. The molecule has 3 rings (SSSR count). The van der Waals surface area contributed by atoms with Crippen molar-refractivity contribution in [3.05, 3.63) is 65.4 Å². The van der Waals surface area contributed by atoms with Crippen molar-refractivity contribution in [1.29, 1.82) is 0 Å². The van der Waals surface area contributed by atoms with Crippen molar-refractivity contribution in [2.45, 2.75) is 45.9 Å². The highest BCUT2D eigenvalue weighted by atomic mass is 19.4. The Hall–Kier alpha value is -3.53. The lowest BCUT2D eigenvalue weighted by Crippen LogP contribution is -2.16. The summed E-state index contributed by atoms with van der Waals surface area (Å²) >= 11 is 0. The highest BCUT2D eigenvalue weighted by molar-refractivity contribution is 5.89. The van der Waals surface area contributed by atoms with E-state index in [1.165, 1.54) is 26.2 Å². The van der Waals surface area contributed by atoms with E-state index in [0.29, 0.717) is 22.7 Å². The molecule has 0 aliphatic heterocycles. The van der Waals surface area contributed by atoms with Crippen LogP contribution in [0.3, 0.4) is 0 Å². The molecule has 3 aromatic heterocycles. The third kappa shape index (κ3) is 5.69. The number of nitrogens with zero attached hydrogens (tertiary/aromatic N) is 4. The molecule has 0 aromatic carbocycles. The number of aromatic nitrogens is 4. The highest BCUT2D eigenvalue weighted by Gasteiger charge is 2.34. The van der Waals surface area contributed by atoms with E-state index in [9.17, 15) is 13.2 Å². The molecule has 0 aliphatic rings. The molecule has 7 nitrogen and oxygen atoms in total. The topological polar surface area (TPSA) is 98.8 Å². The number of hydrogen-bond acceptors (Lipinski definition) is 7. The number of allylic oxidation sites excluding steroid dienone is 3. The average molecular weight is 473 g/mol. The van der Waals surface area contributed by atoms with Crippen LogP contribution in [0, 0.1) is 0 Å². The summed E-state index contributed by atoms with van der Waals surface area (Å²) < 4.78 is 45.5. The van der Waals surface area contributed by atoms with Gasteiger partial charge in [0.2, 0.25) is 0 Å². The number of nitrogens with two attached hydrogens (primary N) is 1. The molecule has 3 aromatic rings. The second-order valence-electron chi connectivity index (χ2n) is 8.62. The Morgan fingerprint density at radius 2 is 1.82 bits per heavy atom. The van der Waals surface area contributed by atoms with Crippen LogP contribution in [-0.2, 0) is 16.8 Å². The van der Waals surface area contributed by atoms with E-state index in [-0.39, 0.29) is 23.4 Å². The molecule has 3 heterocycles. The fourth-order valence-electron chi connectivity index (χ4n) is 3.18. The van der Waals surface area contributed by atoms with Crippen LogP contribution in [0.1, 0.15) is 44.9 Å². The SMILES string of the molecule is C/C=C\C(=C(/N)c1ccc2c(Nc3ccc(C(C)(C)C)nc3)nc(COC)nc2n1)C(F)(F)F. The van der Waals surface area contributed by atoms with Gasteiger partial charge in [-0.2, -0.15) is 13.2 Å². The van der Waals surface area contributed by atoms with Crippen molar-refractivity contribution in [2.24, 2.45) is 5.73 Å². The number of ether oxygens (including phenoxy) is 1. The first-order valence-corrected chi connectivity index (χ1v) is 10.5. The van der Waals surface area contributed by atoms with E-state index in [1.54, 1.807) is 12.3 Å². The maximum atomic E-state index is 13.5. The van der Waals surface area contributed by atoms with E-state index >= 15 is 0 Å². The highest BCUT2D eigenvalue weighted by Crippen LogP contribution is 2.32. The molecule has 0 aliphatic carbocycles. The van der Waals surface area contributed by atoms with Gasteiger partial charge in [-0.15, -0.1) is 0 Å². The third-order valence-corrected chi connectivity index (χ3v) is 4.88. The Kier molecular flexibility index (Phi) is 7.21. The zero-order chi connectivity index (χ0) is 25.1. The molecule has 0 spiro atoms. The van der Waals surface area contributed by atoms with Crippen LogP contribution >= 0.6 is 0 Å². The Labute approximate surface area is 196 Å². The predicted molar refractivity (Wildman–Crippen MR) is 126 cm³/mol. The van der Waals surface area contributed by atoms with Crippen molar-refractivity contribution in [2.75, 3.05) is 12.4 Å². The van der Waals surface area contributed by atoms with Crippen LogP contribution in [0.25, 0.3) is 16.7 Å². The summed E-state index contributed by atoms with van der Waals surface area (Å²) in [7, 11) is 1.49. The van der Waals surface area contributed by atoms with Crippen LogP contribution in [0.2, 0.25) is 0 Å². The molecule has 0 saturated heterocycles. The summed E-state index contributed by atoms with van der Waals surface area (Å²) in [6.07, 6.45) is -0.742. The van der Waals surface area contributed by atoms with Crippen LogP contribution in [0.5, 0.6) is 0 Å². The van der Waals surface area contributed by atoms with Gasteiger partial charge < -0.3 is 15.8 Å². The van der Waals surface area contributed by atoms with E-state index in [2.05, 4.69) is 46.0 Å². The minimum absolute atomic E-state index is 0.0397. The summed E-state index contributed by atoms with van der Waals surface area (Å²) in [5.41, 5.74) is 6.07. The molecule has 34 heavy (non-hydrogen) atoms. The smallest absolute Gasteiger partial charge is 0.396 e. The lowest BCUT2D eigenvalue weighted by molar-refractivity contribution is -0.0877. The van der Waals surface area contributed by atoms with Gasteiger partial charge in [0.15, 0.2) is 11.5 Å². The summed E-state index contributed by atoms with van der Waals surface area (Å²) in [5.74, 6) is 0.738. The average Bonchev–Trinajstić information content (AvgIpc) is 2.76. The molecule has 10 heteroatoms. The molecule has 0 amide bonds. The zero-order valence-electron chi connectivity index (χ0n) is 19.7. The number of rotatable bonds is 6. The molecule has 0 bridgehead atoms. The van der Waals surface area contributed by atoms with Gasteiger partial charge in [0.1, 0.15) is 12.4 Å². The number of pyridine rings is 2. The molecule has 0 saturated carbocycles. The van der Waals surface area contributed by atoms with Gasteiger partial charge in [-0.25, -0.2) is 15.0 Å². The standard InChI is InChI=1S/C24H27F3N6O/c1-6-7-16(24(25,26)27)20(28)17-10-9-15-21(32-19(13-34-5)33-22(15)31-17)30-14-8-11-18(29-12-14)23(2,3)4/h6-12H,13,28H2,1-5H3,(H,30,31,32,33)/b7-6-,20-16+.